The van der Waals surface area contributed by atoms with Gasteiger partial charge in [0.1, 0.15) is 0 Å². The lowest BCUT2D eigenvalue weighted by Crippen LogP contribution is -2.44. The Bertz CT molecular complexity index is 242. The molecule has 0 aromatic rings. The third kappa shape index (κ3) is 4.66. The molecule has 0 heterocycles. The molecule has 0 bridgehead atoms. The minimum absolute atomic E-state index is 0.102. The molecule has 1 aliphatic carbocycles. The third-order valence-electron chi connectivity index (χ3n) is 4.05. The second kappa shape index (κ2) is 7.00. The summed E-state index contributed by atoms with van der Waals surface area (Å²) in [5, 5.41) is 3.22. The van der Waals surface area contributed by atoms with Gasteiger partial charge in [-0.25, -0.2) is 0 Å². The van der Waals surface area contributed by atoms with Crippen molar-refractivity contribution in [3.8, 4) is 0 Å². The summed E-state index contributed by atoms with van der Waals surface area (Å²) >= 11 is 0. The number of carbonyl (C=O) groups is 1. The fourth-order valence-electron chi connectivity index (χ4n) is 2.76. The van der Waals surface area contributed by atoms with E-state index in [1.165, 1.54) is 12.8 Å². The van der Waals surface area contributed by atoms with Crippen molar-refractivity contribution in [1.29, 1.82) is 0 Å². The average Bonchev–Trinajstić information content (AvgIpc) is 2.29. The van der Waals surface area contributed by atoms with Gasteiger partial charge in [0.15, 0.2) is 0 Å². The second-order valence-electron chi connectivity index (χ2n) is 5.84. The Hall–Kier alpha value is -0.570. The Morgan fingerprint density at radius 3 is 2.71 bits per heavy atom. The molecule has 0 aromatic carbocycles. The molecule has 1 fully saturated rings. The van der Waals surface area contributed by atoms with E-state index in [4.69, 9.17) is 5.73 Å². The van der Waals surface area contributed by atoms with E-state index < -0.39 is 0 Å². The molecule has 4 unspecified atom stereocenters. The van der Waals surface area contributed by atoms with Crippen LogP contribution >= 0.6 is 0 Å². The van der Waals surface area contributed by atoms with Gasteiger partial charge in [-0.1, -0.05) is 20.8 Å². The molecular formula is C14H28N2O. The van der Waals surface area contributed by atoms with Gasteiger partial charge in [-0.3, -0.25) is 4.79 Å². The van der Waals surface area contributed by atoms with Crippen LogP contribution in [0.3, 0.4) is 0 Å². The molecule has 3 heteroatoms. The van der Waals surface area contributed by atoms with Gasteiger partial charge in [0.2, 0.25) is 5.91 Å². The van der Waals surface area contributed by atoms with Crippen LogP contribution in [-0.4, -0.2) is 18.5 Å². The minimum atomic E-state index is 0.102. The molecule has 17 heavy (non-hydrogen) atoms. The molecular weight excluding hydrogens is 212 g/mol. The number of rotatable bonds is 5. The predicted octanol–water partition coefficient (Wildman–Crippen LogP) is 2.30. The van der Waals surface area contributed by atoms with E-state index in [-0.39, 0.29) is 11.8 Å². The topological polar surface area (TPSA) is 55.1 Å². The van der Waals surface area contributed by atoms with Crippen molar-refractivity contribution in [2.45, 2.75) is 58.9 Å². The number of hydrogen-bond acceptors (Lipinski definition) is 2. The lowest BCUT2D eigenvalue weighted by Gasteiger charge is -2.33. The van der Waals surface area contributed by atoms with Crippen molar-refractivity contribution in [2.75, 3.05) is 6.54 Å². The van der Waals surface area contributed by atoms with E-state index in [1.54, 1.807) is 0 Å². The molecule has 3 N–H and O–H groups in total. The first-order valence-electron chi connectivity index (χ1n) is 7.05. The molecule has 3 nitrogen and oxygen atoms in total. The number of hydrogen-bond donors (Lipinski definition) is 2. The first-order chi connectivity index (χ1) is 8.04. The lowest BCUT2D eigenvalue weighted by atomic mass is 9.79. The summed E-state index contributed by atoms with van der Waals surface area (Å²) < 4.78 is 0. The van der Waals surface area contributed by atoms with Gasteiger partial charge < -0.3 is 11.1 Å². The van der Waals surface area contributed by atoms with Gasteiger partial charge in [-0.2, -0.15) is 0 Å². The molecule has 1 amide bonds. The van der Waals surface area contributed by atoms with Gasteiger partial charge in [0.25, 0.3) is 0 Å². The molecule has 0 saturated heterocycles. The van der Waals surface area contributed by atoms with Gasteiger partial charge in [0, 0.05) is 12.0 Å². The van der Waals surface area contributed by atoms with Crippen LogP contribution in [0, 0.1) is 17.8 Å². The monoisotopic (exact) mass is 240 g/mol. The number of amides is 1. The highest BCUT2D eigenvalue weighted by Crippen LogP contribution is 2.28. The van der Waals surface area contributed by atoms with Crippen LogP contribution in [0.5, 0.6) is 0 Å². The summed E-state index contributed by atoms with van der Waals surface area (Å²) in [6.07, 6.45) is 5.46. The molecule has 0 aromatic heterocycles. The van der Waals surface area contributed by atoms with Crippen LogP contribution in [0.2, 0.25) is 0 Å². The average molecular weight is 240 g/mol. The Kier molecular flexibility index (Phi) is 5.96. The highest BCUT2D eigenvalue weighted by atomic mass is 16.1. The summed E-state index contributed by atoms with van der Waals surface area (Å²) in [5.74, 6) is 1.74. The van der Waals surface area contributed by atoms with Crippen molar-refractivity contribution >= 4 is 5.91 Å². The van der Waals surface area contributed by atoms with Crippen molar-refractivity contribution in [3.05, 3.63) is 0 Å². The normalized spacial score (nSPS) is 30.9. The van der Waals surface area contributed by atoms with Gasteiger partial charge in [-0.15, -0.1) is 0 Å². The second-order valence-corrected chi connectivity index (χ2v) is 5.84. The Morgan fingerprint density at radius 2 is 2.12 bits per heavy atom. The standard InChI is InChI=1S/C14H28N2O/c1-10-6-7-13(12(3)9-10)16-14(17)11(2)5-4-8-15/h10-13H,4-9,15H2,1-3H3,(H,16,17). The first-order valence-corrected chi connectivity index (χ1v) is 7.05. The summed E-state index contributed by atoms with van der Waals surface area (Å²) in [5.41, 5.74) is 5.47. The fraction of sp³-hybridized carbons (Fsp3) is 0.929. The van der Waals surface area contributed by atoms with E-state index in [9.17, 15) is 4.79 Å². The van der Waals surface area contributed by atoms with Gasteiger partial charge in [-0.05, 0) is 50.5 Å². The summed E-state index contributed by atoms with van der Waals surface area (Å²) in [6.45, 7) is 7.24. The predicted molar refractivity (Wildman–Crippen MR) is 71.6 cm³/mol. The van der Waals surface area contributed by atoms with Crippen molar-refractivity contribution < 1.29 is 4.79 Å². The van der Waals surface area contributed by atoms with E-state index >= 15 is 0 Å². The van der Waals surface area contributed by atoms with E-state index in [2.05, 4.69) is 19.2 Å². The summed E-state index contributed by atoms with van der Waals surface area (Å²) in [7, 11) is 0. The van der Waals surface area contributed by atoms with Crippen molar-refractivity contribution in [3.63, 3.8) is 0 Å². The van der Waals surface area contributed by atoms with Gasteiger partial charge in [0.05, 0.1) is 0 Å². The van der Waals surface area contributed by atoms with Crippen molar-refractivity contribution in [1.82, 2.24) is 5.32 Å². The molecule has 0 spiro atoms. The quantitative estimate of drug-likeness (QED) is 0.774. The van der Waals surface area contributed by atoms with Crippen LogP contribution in [0.4, 0.5) is 0 Å². The molecule has 0 aliphatic heterocycles. The van der Waals surface area contributed by atoms with Crippen LogP contribution in [0.25, 0.3) is 0 Å². The number of nitrogens with two attached hydrogens (primary N) is 1. The van der Waals surface area contributed by atoms with Crippen molar-refractivity contribution in [2.24, 2.45) is 23.5 Å². The molecule has 1 rings (SSSR count). The van der Waals surface area contributed by atoms with Crippen LogP contribution in [0.1, 0.15) is 52.9 Å². The fourth-order valence-corrected chi connectivity index (χ4v) is 2.76. The molecule has 100 valence electrons. The maximum atomic E-state index is 12.0. The van der Waals surface area contributed by atoms with Crippen LogP contribution in [-0.2, 0) is 4.79 Å². The van der Waals surface area contributed by atoms with Crippen LogP contribution < -0.4 is 11.1 Å². The number of nitrogens with one attached hydrogen (secondary N) is 1. The summed E-state index contributed by atoms with van der Waals surface area (Å²) in [4.78, 5) is 12.0. The molecule has 1 saturated carbocycles. The first kappa shape index (κ1) is 14.5. The smallest absolute Gasteiger partial charge is 0.223 e. The maximum absolute atomic E-state index is 12.0. The third-order valence-corrected chi connectivity index (χ3v) is 4.05. The van der Waals surface area contributed by atoms with Crippen LogP contribution in [0.15, 0.2) is 0 Å². The van der Waals surface area contributed by atoms with E-state index in [0.29, 0.717) is 18.5 Å². The minimum Gasteiger partial charge on any atom is -0.353 e. The largest absolute Gasteiger partial charge is 0.353 e. The SMILES string of the molecule is CC1CCC(NC(=O)C(C)CCCN)C(C)C1. The van der Waals surface area contributed by atoms with E-state index in [0.717, 1.165) is 25.2 Å². The summed E-state index contributed by atoms with van der Waals surface area (Å²) in [6, 6.07) is 0.388. The highest BCUT2D eigenvalue weighted by molar-refractivity contribution is 5.78. The highest BCUT2D eigenvalue weighted by Gasteiger charge is 2.27. The zero-order valence-electron chi connectivity index (χ0n) is 11.5. The number of carbonyl (C=O) groups excluding carboxylic acids is 1. The van der Waals surface area contributed by atoms with Gasteiger partial charge >= 0.3 is 0 Å². The molecule has 4 atom stereocenters. The molecule has 0 radical (unpaired) electrons. The zero-order chi connectivity index (χ0) is 12.8. The Morgan fingerprint density at radius 1 is 1.41 bits per heavy atom. The molecule has 1 aliphatic rings. The Balaban J connectivity index is 2.34. The van der Waals surface area contributed by atoms with E-state index in [1.807, 2.05) is 6.92 Å². The maximum Gasteiger partial charge on any atom is 0.223 e. The zero-order valence-corrected chi connectivity index (χ0v) is 11.5. The Labute approximate surface area is 106 Å². The lowest BCUT2D eigenvalue weighted by molar-refractivity contribution is -0.126.